The first-order valence-corrected chi connectivity index (χ1v) is 6.64. The van der Waals surface area contributed by atoms with Crippen molar-refractivity contribution in [3.8, 4) is 0 Å². The second kappa shape index (κ2) is 7.49. The fourth-order valence-electron chi connectivity index (χ4n) is 1.97. The summed E-state index contributed by atoms with van der Waals surface area (Å²) in [5.41, 5.74) is 5.79. The molecule has 0 fully saturated rings. The number of carbonyl (C=O) groups excluding carboxylic acids is 1. The van der Waals surface area contributed by atoms with Crippen LogP contribution in [0.25, 0.3) is 0 Å². The SMILES string of the molecule is CCC(CCN)CCC(=O)c1cc(F)ccc1Cl. The Labute approximate surface area is 112 Å². The van der Waals surface area contributed by atoms with Crippen molar-refractivity contribution in [1.29, 1.82) is 0 Å². The highest BCUT2D eigenvalue weighted by atomic mass is 35.5. The van der Waals surface area contributed by atoms with Gasteiger partial charge >= 0.3 is 0 Å². The lowest BCUT2D eigenvalue weighted by atomic mass is 9.94. The smallest absolute Gasteiger partial charge is 0.164 e. The van der Waals surface area contributed by atoms with Gasteiger partial charge in [-0.15, -0.1) is 0 Å². The molecular formula is C14H19ClFNO. The minimum atomic E-state index is -0.434. The van der Waals surface area contributed by atoms with E-state index in [2.05, 4.69) is 6.92 Å². The summed E-state index contributed by atoms with van der Waals surface area (Å²) in [4.78, 5) is 12.0. The lowest BCUT2D eigenvalue weighted by Gasteiger charge is -2.13. The van der Waals surface area contributed by atoms with E-state index in [1.807, 2.05) is 0 Å². The molecule has 1 aromatic rings. The highest BCUT2D eigenvalue weighted by molar-refractivity contribution is 6.33. The molecule has 0 radical (unpaired) electrons. The molecular weight excluding hydrogens is 253 g/mol. The van der Waals surface area contributed by atoms with Gasteiger partial charge in [0.25, 0.3) is 0 Å². The lowest BCUT2D eigenvalue weighted by molar-refractivity contribution is 0.0972. The van der Waals surface area contributed by atoms with Crippen LogP contribution in [-0.4, -0.2) is 12.3 Å². The molecule has 0 bridgehead atoms. The first-order chi connectivity index (χ1) is 8.58. The van der Waals surface area contributed by atoms with Gasteiger partial charge in [0.15, 0.2) is 5.78 Å². The monoisotopic (exact) mass is 271 g/mol. The molecule has 0 spiro atoms. The second-order valence-corrected chi connectivity index (χ2v) is 4.84. The summed E-state index contributed by atoms with van der Waals surface area (Å²) in [6.45, 7) is 2.72. The van der Waals surface area contributed by atoms with E-state index in [4.69, 9.17) is 17.3 Å². The van der Waals surface area contributed by atoms with E-state index in [1.165, 1.54) is 18.2 Å². The van der Waals surface area contributed by atoms with Crippen LogP contribution in [0, 0.1) is 11.7 Å². The molecule has 1 aromatic carbocycles. The Morgan fingerprint density at radius 3 is 2.78 bits per heavy atom. The van der Waals surface area contributed by atoms with Gasteiger partial charge in [-0.25, -0.2) is 4.39 Å². The van der Waals surface area contributed by atoms with Crippen molar-refractivity contribution in [3.63, 3.8) is 0 Å². The Bertz CT molecular complexity index is 409. The molecule has 1 rings (SSSR count). The molecule has 18 heavy (non-hydrogen) atoms. The average molecular weight is 272 g/mol. The van der Waals surface area contributed by atoms with Crippen LogP contribution in [0.15, 0.2) is 18.2 Å². The molecule has 1 unspecified atom stereocenters. The van der Waals surface area contributed by atoms with Crippen molar-refractivity contribution in [2.75, 3.05) is 6.54 Å². The Balaban J connectivity index is 2.62. The number of benzene rings is 1. The Morgan fingerprint density at radius 2 is 2.17 bits per heavy atom. The summed E-state index contributed by atoms with van der Waals surface area (Å²) in [7, 11) is 0. The Hall–Kier alpha value is -0.930. The van der Waals surface area contributed by atoms with E-state index in [0.717, 1.165) is 19.3 Å². The van der Waals surface area contributed by atoms with Crippen molar-refractivity contribution < 1.29 is 9.18 Å². The minimum Gasteiger partial charge on any atom is -0.330 e. The van der Waals surface area contributed by atoms with Crippen molar-refractivity contribution >= 4 is 17.4 Å². The summed E-state index contributed by atoms with van der Waals surface area (Å²) in [6.07, 6.45) is 3.09. The van der Waals surface area contributed by atoms with Gasteiger partial charge in [-0.05, 0) is 43.5 Å². The molecule has 100 valence electrons. The van der Waals surface area contributed by atoms with Crippen molar-refractivity contribution in [2.45, 2.75) is 32.6 Å². The maximum Gasteiger partial charge on any atom is 0.164 e. The number of carbonyl (C=O) groups is 1. The van der Waals surface area contributed by atoms with Crippen LogP contribution in [0.1, 0.15) is 43.0 Å². The zero-order valence-electron chi connectivity index (χ0n) is 10.6. The second-order valence-electron chi connectivity index (χ2n) is 4.44. The van der Waals surface area contributed by atoms with E-state index < -0.39 is 5.82 Å². The van der Waals surface area contributed by atoms with Gasteiger partial charge in [-0.3, -0.25) is 4.79 Å². The number of hydrogen-bond donors (Lipinski definition) is 1. The fraction of sp³-hybridized carbons (Fsp3) is 0.500. The molecule has 2 nitrogen and oxygen atoms in total. The highest BCUT2D eigenvalue weighted by Gasteiger charge is 2.14. The quantitative estimate of drug-likeness (QED) is 0.766. The minimum absolute atomic E-state index is 0.102. The largest absolute Gasteiger partial charge is 0.330 e. The number of nitrogens with two attached hydrogens (primary N) is 1. The molecule has 0 aliphatic carbocycles. The first kappa shape index (κ1) is 15.1. The molecule has 0 saturated carbocycles. The Morgan fingerprint density at radius 1 is 1.44 bits per heavy atom. The molecule has 0 amide bonds. The Kier molecular flexibility index (Phi) is 6.30. The van der Waals surface area contributed by atoms with Gasteiger partial charge in [0.05, 0.1) is 5.02 Å². The molecule has 4 heteroatoms. The van der Waals surface area contributed by atoms with Gasteiger partial charge in [0, 0.05) is 12.0 Å². The van der Waals surface area contributed by atoms with Gasteiger partial charge in [-0.2, -0.15) is 0 Å². The maximum atomic E-state index is 13.1. The van der Waals surface area contributed by atoms with Crippen LogP contribution >= 0.6 is 11.6 Å². The zero-order valence-corrected chi connectivity index (χ0v) is 11.3. The van der Waals surface area contributed by atoms with Crippen molar-refractivity contribution in [2.24, 2.45) is 11.7 Å². The molecule has 0 aromatic heterocycles. The summed E-state index contributed by atoms with van der Waals surface area (Å²) in [5.74, 6) is -0.0852. The normalized spacial score (nSPS) is 12.4. The maximum absolute atomic E-state index is 13.1. The number of rotatable bonds is 7. The molecule has 0 saturated heterocycles. The number of hydrogen-bond acceptors (Lipinski definition) is 2. The topological polar surface area (TPSA) is 43.1 Å². The van der Waals surface area contributed by atoms with Gasteiger partial charge in [-0.1, -0.05) is 24.9 Å². The number of Topliss-reactive ketones (excluding diaryl/α,β-unsaturated/α-hetero) is 1. The molecule has 0 aliphatic rings. The van der Waals surface area contributed by atoms with Crippen LogP contribution in [0.4, 0.5) is 4.39 Å². The van der Waals surface area contributed by atoms with Gasteiger partial charge in [0.1, 0.15) is 5.82 Å². The third-order valence-electron chi connectivity index (χ3n) is 3.16. The van der Waals surface area contributed by atoms with Crippen molar-refractivity contribution in [1.82, 2.24) is 0 Å². The van der Waals surface area contributed by atoms with E-state index >= 15 is 0 Å². The van der Waals surface area contributed by atoms with Crippen LogP contribution < -0.4 is 5.73 Å². The van der Waals surface area contributed by atoms with Crippen LogP contribution in [-0.2, 0) is 0 Å². The lowest BCUT2D eigenvalue weighted by Crippen LogP contribution is -2.10. The molecule has 0 heterocycles. The van der Waals surface area contributed by atoms with Gasteiger partial charge < -0.3 is 5.73 Å². The summed E-state index contributed by atoms with van der Waals surface area (Å²) in [5, 5.41) is 0.313. The third kappa shape index (κ3) is 4.39. The summed E-state index contributed by atoms with van der Waals surface area (Å²) in [6, 6.07) is 3.87. The predicted molar refractivity (Wildman–Crippen MR) is 72.4 cm³/mol. The van der Waals surface area contributed by atoms with E-state index in [0.29, 0.717) is 23.9 Å². The number of halogens is 2. The summed E-state index contributed by atoms with van der Waals surface area (Å²) >= 11 is 5.89. The van der Waals surface area contributed by atoms with E-state index in [1.54, 1.807) is 0 Å². The molecule has 1 atom stereocenters. The highest BCUT2D eigenvalue weighted by Crippen LogP contribution is 2.22. The van der Waals surface area contributed by atoms with Crippen LogP contribution in [0.5, 0.6) is 0 Å². The van der Waals surface area contributed by atoms with Gasteiger partial charge in [0.2, 0.25) is 0 Å². The van der Waals surface area contributed by atoms with Crippen LogP contribution in [0.3, 0.4) is 0 Å². The summed E-state index contributed by atoms with van der Waals surface area (Å²) < 4.78 is 13.1. The predicted octanol–water partition coefficient (Wildman–Crippen LogP) is 3.82. The average Bonchev–Trinajstić information content (AvgIpc) is 2.37. The van der Waals surface area contributed by atoms with E-state index in [-0.39, 0.29) is 11.3 Å². The molecule has 2 N–H and O–H groups in total. The fourth-order valence-corrected chi connectivity index (χ4v) is 2.19. The van der Waals surface area contributed by atoms with Crippen molar-refractivity contribution in [3.05, 3.63) is 34.6 Å². The standard InChI is InChI=1S/C14H19ClFNO/c1-2-10(7-8-17)3-6-14(18)12-9-11(16)4-5-13(12)15/h4-5,9-10H,2-3,6-8,17H2,1H3. The molecule has 0 aliphatic heterocycles. The zero-order chi connectivity index (χ0) is 13.5. The third-order valence-corrected chi connectivity index (χ3v) is 3.49. The number of ketones is 1. The van der Waals surface area contributed by atoms with Crippen LogP contribution in [0.2, 0.25) is 5.02 Å². The first-order valence-electron chi connectivity index (χ1n) is 6.26. The van der Waals surface area contributed by atoms with E-state index in [9.17, 15) is 9.18 Å².